The van der Waals surface area contributed by atoms with Crippen molar-refractivity contribution in [3.63, 3.8) is 0 Å². The van der Waals surface area contributed by atoms with E-state index in [0.717, 1.165) is 41.5 Å². The molecule has 19 heteroatoms. The van der Waals surface area contributed by atoms with Crippen molar-refractivity contribution in [3.8, 4) is 0 Å². The molecule has 2 rings (SSSR count). The van der Waals surface area contributed by atoms with Crippen LogP contribution in [0.5, 0.6) is 0 Å². The molecule has 0 saturated carbocycles. The molecule has 2 aliphatic heterocycles. The quantitative estimate of drug-likeness (QED) is 0.186. The Hall–Kier alpha value is -4.07. The SMILES string of the molecule is CC(=O)OC[C@H]1O[C@H](O)[C@H](O[C@@H]2O[C@H](COC(C)=O)[C@@H](OC(N)=O)[C@H](OC(C)=O)[C@@H]2OC(C)=O)[C@H](OC(C)=O)[C@H]1OC(C)=O. The lowest BCUT2D eigenvalue weighted by molar-refractivity contribution is -0.362. The van der Waals surface area contributed by atoms with Gasteiger partial charge in [0.2, 0.25) is 0 Å². The summed E-state index contributed by atoms with van der Waals surface area (Å²) < 4.78 is 53.4. The molecule has 3 N–H and O–H groups in total. The molecule has 0 bridgehead atoms. The third-order valence-corrected chi connectivity index (χ3v) is 5.85. The number of rotatable bonds is 11. The lowest BCUT2D eigenvalue weighted by atomic mass is 9.96. The Morgan fingerprint density at radius 3 is 1.36 bits per heavy atom. The van der Waals surface area contributed by atoms with Crippen molar-refractivity contribution in [1.82, 2.24) is 0 Å². The summed E-state index contributed by atoms with van der Waals surface area (Å²) in [4.78, 5) is 82.9. The highest BCUT2D eigenvalue weighted by Crippen LogP contribution is 2.34. The molecular formula is C25H35NO18. The number of nitrogens with two attached hydrogens (primary N) is 1. The van der Waals surface area contributed by atoms with Crippen molar-refractivity contribution >= 4 is 41.9 Å². The van der Waals surface area contributed by atoms with Gasteiger partial charge in [-0.3, -0.25) is 28.8 Å². The topological polar surface area (TPSA) is 258 Å². The van der Waals surface area contributed by atoms with Crippen molar-refractivity contribution in [3.05, 3.63) is 0 Å². The summed E-state index contributed by atoms with van der Waals surface area (Å²) in [6.07, 6.45) is -18.2. The predicted octanol–water partition coefficient (Wildman–Crippen LogP) is -1.87. The smallest absolute Gasteiger partial charge is 0.405 e. The number of primary amides is 1. The van der Waals surface area contributed by atoms with E-state index in [9.17, 15) is 38.7 Å². The molecule has 0 aliphatic carbocycles. The summed E-state index contributed by atoms with van der Waals surface area (Å²) >= 11 is 0. The second kappa shape index (κ2) is 16.1. The Morgan fingerprint density at radius 2 is 0.932 bits per heavy atom. The fraction of sp³-hybridized carbons (Fsp3) is 0.720. The Labute approximate surface area is 250 Å². The number of aliphatic hydroxyl groups excluding tert-OH is 1. The summed E-state index contributed by atoms with van der Waals surface area (Å²) in [5.74, 6) is -5.24. The number of hydrogen-bond acceptors (Lipinski definition) is 18. The third kappa shape index (κ3) is 10.6. The van der Waals surface area contributed by atoms with Gasteiger partial charge in [-0.1, -0.05) is 0 Å². The van der Waals surface area contributed by atoms with Gasteiger partial charge in [0.15, 0.2) is 49.2 Å². The zero-order chi connectivity index (χ0) is 33.3. The maximum atomic E-state index is 12.1. The zero-order valence-corrected chi connectivity index (χ0v) is 24.7. The van der Waals surface area contributed by atoms with Crippen LogP contribution in [-0.2, 0) is 76.1 Å². The highest BCUT2D eigenvalue weighted by atomic mass is 16.8. The predicted molar refractivity (Wildman–Crippen MR) is 134 cm³/mol. The molecule has 19 nitrogen and oxygen atoms in total. The summed E-state index contributed by atoms with van der Waals surface area (Å²) in [6, 6.07) is 0. The number of carbonyl (C=O) groups excluding carboxylic acids is 7. The van der Waals surface area contributed by atoms with E-state index in [1.54, 1.807) is 0 Å². The lowest BCUT2D eigenvalue weighted by Gasteiger charge is -2.47. The maximum Gasteiger partial charge on any atom is 0.405 e. The first-order valence-electron chi connectivity index (χ1n) is 13.1. The minimum atomic E-state index is -2.01. The Morgan fingerprint density at radius 1 is 0.545 bits per heavy atom. The second-order valence-corrected chi connectivity index (χ2v) is 9.51. The molecule has 0 radical (unpaired) electrons. The van der Waals surface area contributed by atoms with E-state index in [2.05, 4.69) is 0 Å². The van der Waals surface area contributed by atoms with Crippen LogP contribution in [0.2, 0.25) is 0 Å². The van der Waals surface area contributed by atoms with E-state index < -0.39 is 117 Å². The molecule has 2 saturated heterocycles. The van der Waals surface area contributed by atoms with Gasteiger partial charge in [-0.2, -0.15) is 0 Å². The van der Waals surface area contributed by atoms with Gasteiger partial charge < -0.3 is 58.2 Å². The van der Waals surface area contributed by atoms with E-state index in [4.69, 9.17) is 53.1 Å². The van der Waals surface area contributed by atoms with Crippen LogP contribution in [0.4, 0.5) is 4.79 Å². The van der Waals surface area contributed by atoms with E-state index in [0.29, 0.717) is 0 Å². The molecule has 10 atom stereocenters. The lowest BCUT2D eigenvalue weighted by Crippen LogP contribution is -2.67. The molecule has 0 aromatic rings. The van der Waals surface area contributed by atoms with Gasteiger partial charge in [0.1, 0.15) is 25.4 Å². The molecule has 44 heavy (non-hydrogen) atoms. The molecule has 2 heterocycles. The van der Waals surface area contributed by atoms with Gasteiger partial charge in [0.05, 0.1) is 0 Å². The van der Waals surface area contributed by atoms with Crippen molar-refractivity contribution in [2.45, 2.75) is 103 Å². The number of ether oxygens (including phenoxy) is 10. The number of hydrogen-bond donors (Lipinski definition) is 2. The number of carbonyl (C=O) groups is 7. The molecule has 0 unspecified atom stereocenters. The normalized spacial score (nSPS) is 31.4. The van der Waals surface area contributed by atoms with E-state index in [1.165, 1.54) is 0 Å². The Bertz CT molecular complexity index is 1090. The van der Waals surface area contributed by atoms with Gasteiger partial charge in [0, 0.05) is 41.5 Å². The number of esters is 6. The maximum absolute atomic E-state index is 12.1. The van der Waals surface area contributed by atoms with Gasteiger partial charge in [-0.25, -0.2) is 4.79 Å². The highest BCUT2D eigenvalue weighted by Gasteiger charge is 2.57. The largest absolute Gasteiger partial charge is 0.463 e. The van der Waals surface area contributed by atoms with E-state index >= 15 is 0 Å². The summed E-state index contributed by atoms with van der Waals surface area (Å²) in [7, 11) is 0. The molecule has 1 amide bonds. The average molecular weight is 638 g/mol. The standard InChI is InChI=1S/C25H35NO18/c1-9(27)35-7-15-17(37-11(3)29)19(38-12(4)30)21(23(33)41-15)43-24-22(40-14(6)32)20(39-13(5)31)18(44-25(26)34)16(42-24)8-36-10(2)28/h15-24,33H,7-8H2,1-6H3,(H2,26,34)/t15-,16-,17+,18-,19-,20+,21-,22+,23+,24+/m1/s1. The van der Waals surface area contributed by atoms with Crippen molar-refractivity contribution in [1.29, 1.82) is 0 Å². The Balaban J connectivity index is 2.59. The molecule has 2 aliphatic rings. The van der Waals surface area contributed by atoms with Crippen LogP contribution in [0, 0.1) is 0 Å². The van der Waals surface area contributed by atoms with Crippen molar-refractivity contribution < 1.29 is 86.0 Å². The Kier molecular flexibility index (Phi) is 13.2. The number of aliphatic hydroxyl groups is 1. The summed E-state index contributed by atoms with van der Waals surface area (Å²) in [5.41, 5.74) is 5.18. The average Bonchev–Trinajstić information content (AvgIpc) is 2.87. The fourth-order valence-electron chi connectivity index (χ4n) is 4.43. The zero-order valence-electron chi connectivity index (χ0n) is 24.7. The van der Waals surface area contributed by atoms with Crippen LogP contribution in [0.3, 0.4) is 0 Å². The van der Waals surface area contributed by atoms with Gasteiger partial charge >= 0.3 is 41.9 Å². The molecule has 2 fully saturated rings. The van der Waals surface area contributed by atoms with Crippen LogP contribution in [0.15, 0.2) is 0 Å². The van der Waals surface area contributed by atoms with Crippen molar-refractivity contribution in [2.24, 2.45) is 5.73 Å². The first-order chi connectivity index (χ1) is 20.5. The van der Waals surface area contributed by atoms with Crippen LogP contribution >= 0.6 is 0 Å². The van der Waals surface area contributed by atoms with Crippen LogP contribution in [-0.4, -0.2) is 122 Å². The third-order valence-electron chi connectivity index (χ3n) is 5.85. The van der Waals surface area contributed by atoms with Crippen LogP contribution in [0.1, 0.15) is 41.5 Å². The second-order valence-electron chi connectivity index (χ2n) is 9.51. The summed E-state index contributed by atoms with van der Waals surface area (Å²) in [5, 5.41) is 10.9. The summed E-state index contributed by atoms with van der Waals surface area (Å²) in [6.45, 7) is 4.97. The van der Waals surface area contributed by atoms with Crippen LogP contribution < -0.4 is 5.73 Å². The molecular weight excluding hydrogens is 602 g/mol. The molecule has 0 spiro atoms. The molecule has 248 valence electrons. The number of amides is 1. The first-order valence-corrected chi connectivity index (χ1v) is 13.1. The van der Waals surface area contributed by atoms with Gasteiger partial charge in [-0.15, -0.1) is 0 Å². The minimum absolute atomic E-state index is 0.546. The van der Waals surface area contributed by atoms with Gasteiger partial charge in [0.25, 0.3) is 0 Å². The van der Waals surface area contributed by atoms with Crippen LogP contribution in [0.25, 0.3) is 0 Å². The monoisotopic (exact) mass is 637 g/mol. The highest BCUT2D eigenvalue weighted by molar-refractivity contribution is 5.69. The van der Waals surface area contributed by atoms with E-state index in [1.807, 2.05) is 0 Å². The molecule has 0 aromatic carbocycles. The molecule has 0 aromatic heterocycles. The van der Waals surface area contributed by atoms with E-state index in [-0.39, 0.29) is 0 Å². The first kappa shape index (κ1) is 36.1. The van der Waals surface area contributed by atoms with Gasteiger partial charge in [-0.05, 0) is 0 Å². The van der Waals surface area contributed by atoms with Crippen molar-refractivity contribution in [2.75, 3.05) is 13.2 Å². The minimum Gasteiger partial charge on any atom is -0.463 e. The fourth-order valence-corrected chi connectivity index (χ4v) is 4.43.